The summed E-state index contributed by atoms with van der Waals surface area (Å²) in [6.45, 7) is 2.68. The number of nitrogens with one attached hydrogen (secondary N) is 1. The van der Waals surface area contributed by atoms with Gasteiger partial charge < -0.3 is 9.72 Å². The van der Waals surface area contributed by atoms with Crippen LogP contribution in [0.5, 0.6) is 5.75 Å². The van der Waals surface area contributed by atoms with E-state index in [1.54, 1.807) is 0 Å². The molecule has 1 N–H and O–H groups in total. The first-order valence-corrected chi connectivity index (χ1v) is 10.7. The van der Waals surface area contributed by atoms with Crippen molar-refractivity contribution in [2.24, 2.45) is 0 Å². The number of H-pyrrole nitrogens is 1. The van der Waals surface area contributed by atoms with E-state index < -0.39 is 0 Å². The van der Waals surface area contributed by atoms with Gasteiger partial charge in [-0.25, -0.2) is 4.98 Å². The number of aromatic nitrogens is 2. The molecule has 4 aromatic rings. The standard InChI is InChI=1S/C27H26N2O2/c1-2-19-31-24-18-9-8-16-22(24)26-28-25-21(15-10-17-23(25)27(30)29-26)14-7-6-13-20-11-4-3-5-12-20/h3-5,7-12,14-18H,2,6,13,19H2,1H3,(H,28,29,30). The highest BCUT2D eigenvalue weighted by Crippen LogP contribution is 2.28. The molecule has 0 unspecified atom stereocenters. The summed E-state index contributed by atoms with van der Waals surface area (Å²) in [6, 6.07) is 23.8. The Morgan fingerprint density at radius 3 is 2.61 bits per heavy atom. The van der Waals surface area contributed by atoms with Crippen molar-refractivity contribution >= 4 is 17.0 Å². The van der Waals surface area contributed by atoms with Crippen LogP contribution >= 0.6 is 0 Å². The molecular formula is C27H26N2O2. The molecule has 1 aromatic heterocycles. The number of nitrogens with zero attached hydrogens (tertiary/aromatic N) is 1. The Kier molecular flexibility index (Phi) is 6.58. The molecule has 0 amide bonds. The Morgan fingerprint density at radius 1 is 0.968 bits per heavy atom. The van der Waals surface area contributed by atoms with Gasteiger partial charge in [0, 0.05) is 5.56 Å². The molecular weight excluding hydrogens is 384 g/mol. The first kappa shape index (κ1) is 20.6. The van der Waals surface area contributed by atoms with E-state index in [2.05, 4.69) is 48.3 Å². The highest BCUT2D eigenvalue weighted by molar-refractivity contribution is 5.88. The van der Waals surface area contributed by atoms with Gasteiger partial charge in [0.1, 0.15) is 11.6 Å². The number of ether oxygens (including phenoxy) is 1. The molecule has 4 rings (SSSR count). The van der Waals surface area contributed by atoms with E-state index >= 15 is 0 Å². The molecule has 0 spiro atoms. The molecule has 0 fully saturated rings. The number of aromatic amines is 1. The monoisotopic (exact) mass is 410 g/mol. The highest BCUT2D eigenvalue weighted by Gasteiger charge is 2.12. The third-order valence-electron chi connectivity index (χ3n) is 5.11. The van der Waals surface area contributed by atoms with Gasteiger partial charge in [-0.15, -0.1) is 0 Å². The van der Waals surface area contributed by atoms with Crippen LogP contribution < -0.4 is 10.3 Å². The first-order chi connectivity index (χ1) is 15.3. The number of hydrogen-bond acceptors (Lipinski definition) is 3. The van der Waals surface area contributed by atoms with E-state index in [0.29, 0.717) is 23.3 Å². The summed E-state index contributed by atoms with van der Waals surface area (Å²) < 4.78 is 5.87. The quantitative estimate of drug-likeness (QED) is 0.386. The third kappa shape index (κ3) is 4.92. The van der Waals surface area contributed by atoms with Crippen LogP contribution in [0.25, 0.3) is 28.4 Å². The van der Waals surface area contributed by atoms with E-state index in [0.717, 1.165) is 36.1 Å². The van der Waals surface area contributed by atoms with Crippen molar-refractivity contribution in [2.75, 3.05) is 6.61 Å². The molecule has 1 heterocycles. The average Bonchev–Trinajstić information content (AvgIpc) is 2.81. The molecule has 0 aliphatic carbocycles. The zero-order valence-corrected chi connectivity index (χ0v) is 17.7. The summed E-state index contributed by atoms with van der Waals surface area (Å²) in [5.41, 5.74) is 3.58. The normalized spacial score (nSPS) is 11.3. The zero-order chi connectivity index (χ0) is 21.5. The van der Waals surface area contributed by atoms with E-state index in [1.165, 1.54) is 5.56 Å². The molecule has 4 heteroatoms. The number of hydrogen-bond donors (Lipinski definition) is 1. The minimum absolute atomic E-state index is 0.148. The van der Waals surface area contributed by atoms with Crippen LogP contribution in [-0.2, 0) is 6.42 Å². The van der Waals surface area contributed by atoms with Crippen molar-refractivity contribution in [1.29, 1.82) is 0 Å². The lowest BCUT2D eigenvalue weighted by molar-refractivity contribution is 0.318. The van der Waals surface area contributed by atoms with Gasteiger partial charge in [-0.2, -0.15) is 0 Å². The summed E-state index contributed by atoms with van der Waals surface area (Å²) in [5, 5.41) is 0.584. The first-order valence-electron chi connectivity index (χ1n) is 10.7. The Morgan fingerprint density at radius 2 is 1.77 bits per heavy atom. The van der Waals surface area contributed by atoms with Gasteiger partial charge >= 0.3 is 0 Å². The number of rotatable bonds is 8. The van der Waals surface area contributed by atoms with E-state index in [9.17, 15) is 4.79 Å². The van der Waals surface area contributed by atoms with Crippen LogP contribution in [0.2, 0.25) is 0 Å². The summed E-state index contributed by atoms with van der Waals surface area (Å²) in [4.78, 5) is 20.6. The summed E-state index contributed by atoms with van der Waals surface area (Å²) >= 11 is 0. The number of benzene rings is 3. The average molecular weight is 411 g/mol. The number of fused-ring (bicyclic) bond motifs is 1. The molecule has 4 nitrogen and oxygen atoms in total. The van der Waals surface area contributed by atoms with Crippen LogP contribution in [0.15, 0.2) is 83.7 Å². The minimum atomic E-state index is -0.148. The largest absolute Gasteiger partial charge is 0.493 e. The van der Waals surface area contributed by atoms with Crippen molar-refractivity contribution in [2.45, 2.75) is 26.2 Å². The van der Waals surface area contributed by atoms with Crippen molar-refractivity contribution in [3.8, 4) is 17.1 Å². The second-order valence-electron chi connectivity index (χ2n) is 7.43. The maximum absolute atomic E-state index is 12.8. The Balaban J connectivity index is 1.67. The van der Waals surface area contributed by atoms with Gasteiger partial charge in [-0.05, 0) is 43.0 Å². The summed E-state index contributed by atoms with van der Waals surface area (Å²) in [7, 11) is 0. The van der Waals surface area contributed by atoms with E-state index in [4.69, 9.17) is 9.72 Å². The third-order valence-corrected chi connectivity index (χ3v) is 5.11. The SMILES string of the molecule is CCCOc1ccccc1-c1nc2c(C=CCCc3ccccc3)cccc2c(=O)[nH]1. The number of para-hydroxylation sites is 2. The van der Waals surface area contributed by atoms with Gasteiger partial charge in [0.2, 0.25) is 0 Å². The van der Waals surface area contributed by atoms with Gasteiger partial charge in [0.05, 0.1) is 23.1 Å². The maximum atomic E-state index is 12.8. The number of aryl methyl sites for hydroxylation is 1. The zero-order valence-electron chi connectivity index (χ0n) is 17.7. The molecule has 0 aliphatic heterocycles. The van der Waals surface area contributed by atoms with Gasteiger partial charge in [0.25, 0.3) is 5.56 Å². The van der Waals surface area contributed by atoms with Crippen LogP contribution in [-0.4, -0.2) is 16.6 Å². The van der Waals surface area contributed by atoms with E-state index in [1.807, 2.05) is 48.5 Å². The van der Waals surface area contributed by atoms with Gasteiger partial charge in [0.15, 0.2) is 0 Å². The molecule has 0 radical (unpaired) electrons. The predicted octanol–water partition coefficient (Wildman–Crippen LogP) is 6.02. The summed E-state index contributed by atoms with van der Waals surface area (Å²) in [6.07, 6.45) is 7.01. The molecule has 0 aliphatic rings. The van der Waals surface area contributed by atoms with Crippen LogP contribution in [0, 0.1) is 0 Å². The Bertz CT molecular complexity index is 1240. The lowest BCUT2D eigenvalue weighted by atomic mass is 10.1. The second kappa shape index (κ2) is 9.90. The fraction of sp³-hybridized carbons (Fsp3) is 0.185. The minimum Gasteiger partial charge on any atom is -0.493 e. The molecule has 0 saturated carbocycles. The van der Waals surface area contributed by atoms with Gasteiger partial charge in [-0.3, -0.25) is 4.79 Å². The number of allylic oxidation sites excluding steroid dienone is 1. The predicted molar refractivity (Wildman–Crippen MR) is 127 cm³/mol. The highest BCUT2D eigenvalue weighted by atomic mass is 16.5. The Hall–Kier alpha value is -3.66. The molecule has 31 heavy (non-hydrogen) atoms. The second-order valence-corrected chi connectivity index (χ2v) is 7.43. The van der Waals surface area contributed by atoms with Gasteiger partial charge in [-0.1, -0.05) is 73.7 Å². The molecule has 156 valence electrons. The fourth-order valence-corrected chi connectivity index (χ4v) is 3.55. The topological polar surface area (TPSA) is 55.0 Å². The van der Waals surface area contributed by atoms with Crippen LogP contribution in [0.3, 0.4) is 0 Å². The smallest absolute Gasteiger partial charge is 0.259 e. The molecule has 0 bridgehead atoms. The Labute approximate surface area is 182 Å². The molecule has 0 saturated heterocycles. The van der Waals surface area contributed by atoms with Crippen molar-refractivity contribution in [1.82, 2.24) is 9.97 Å². The molecule has 0 atom stereocenters. The van der Waals surface area contributed by atoms with Crippen molar-refractivity contribution < 1.29 is 4.74 Å². The van der Waals surface area contributed by atoms with Crippen LogP contribution in [0.1, 0.15) is 30.9 Å². The van der Waals surface area contributed by atoms with Crippen LogP contribution in [0.4, 0.5) is 0 Å². The lowest BCUT2D eigenvalue weighted by Crippen LogP contribution is -2.10. The fourth-order valence-electron chi connectivity index (χ4n) is 3.55. The lowest BCUT2D eigenvalue weighted by Gasteiger charge is -2.11. The summed E-state index contributed by atoms with van der Waals surface area (Å²) in [5.74, 6) is 1.25. The maximum Gasteiger partial charge on any atom is 0.259 e. The van der Waals surface area contributed by atoms with Crippen molar-refractivity contribution in [3.05, 3.63) is 100 Å². The molecule has 3 aromatic carbocycles. The van der Waals surface area contributed by atoms with E-state index in [-0.39, 0.29) is 5.56 Å². The van der Waals surface area contributed by atoms with Crippen molar-refractivity contribution in [3.63, 3.8) is 0 Å².